The highest BCUT2D eigenvalue weighted by atomic mass is 32.2. The Morgan fingerprint density at radius 3 is 2.58 bits per heavy atom. The summed E-state index contributed by atoms with van der Waals surface area (Å²) in [5, 5.41) is 0. The van der Waals surface area contributed by atoms with E-state index in [0.717, 1.165) is 36.9 Å². The van der Waals surface area contributed by atoms with Crippen molar-refractivity contribution < 1.29 is 4.79 Å². The summed E-state index contributed by atoms with van der Waals surface area (Å²) in [6.07, 6.45) is 3.40. The minimum Gasteiger partial charge on any atom is -0.341 e. The first-order valence-corrected chi connectivity index (χ1v) is 5.87. The molecular formula is C9H15NOS. The number of carbonyl (C=O) groups excluding carboxylic acids is 1. The normalized spacial score (nSPS) is 24.2. The zero-order valence-electron chi connectivity index (χ0n) is 7.29. The summed E-state index contributed by atoms with van der Waals surface area (Å²) >= 11 is 1.96. The van der Waals surface area contributed by atoms with Crippen LogP contribution in [0.2, 0.25) is 0 Å². The van der Waals surface area contributed by atoms with Gasteiger partial charge in [-0.3, -0.25) is 4.79 Å². The largest absolute Gasteiger partial charge is 0.341 e. The molecule has 1 aliphatic carbocycles. The second-order valence-electron chi connectivity index (χ2n) is 3.64. The third kappa shape index (κ3) is 2.16. The Bertz CT molecular complexity index is 173. The van der Waals surface area contributed by atoms with Crippen LogP contribution in [0.1, 0.15) is 19.3 Å². The molecule has 0 radical (unpaired) electrons. The Kier molecular flexibility index (Phi) is 2.59. The van der Waals surface area contributed by atoms with E-state index in [-0.39, 0.29) is 0 Å². The maximum atomic E-state index is 11.6. The predicted molar refractivity (Wildman–Crippen MR) is 51.2 cm³/mol. The predicted octanol–water partition coefficient (Wildman–Crippen LogP) is 1.36. The summed E-state index contributed by atoms with van der Waals surface area (Å²) in [6, 6.07) is 0. The maximum Gasteiger partial charge on any atom is 0.222 e. The average Bonchev–Trinajstić information content (AvgIpc) is 2.90. The van der Waals surface area contributed by atoms with Crippen LogP contribution in [-0.2, 0) is 4.79 Å². The van der Waals surface area contributed by atoms with E-state index in [0.29, 0.717) is 5.91 Å². The van der Waals surface area contributed by atoms with Gasteiger partial charge in [0.1, 0.15) is 0 Å². The van der Waals surface area contributed by atoms with Gasteiger partial charge in [0.15, 0.2) is 0 Å². The van der Waals surface area contributed by atoms with Crippen LogP contribution in [0, 0.1) is 5.92 Å². The van der Waals surface area contributed by atoms with Crippen LogP contribution in [0.4, 0.5) is 0 Å². The van der Waals surface area contributed by atoms with Crippen LogP contribution in [0.3, 0.4) is 0 Å². The van der Waals surface area contributed by atoms with E-state index in [1.807, 2.05) is 16.7 Å². The molecule has 1 amide bonds. The molecule has 0 aromatic rings. The fourth-order valence-corrected chi connectivity index (χ4v) is 2.41. The van der Waals surface area contributed by atoms with Crippen LogP contribution in [0.5, 0.6) is 0 Å². The lowest BCUT2D eigenvalue weighted by Crippen LogP contribution is -2.37. The molecule has 2 fully saturated rings. The van der Waals surface area contributed by atoms with Crippen LogP contribution in [0.15, 0.2) is 0 Å². The Balaban J connectivity index is 1.76. The maximum absolute atomic E-state index is 11.6. The molecule has 2 nitrogen and oxygen atoms in total. The van der Waals surface area contributed by atoms with Gasteiger partial charge in [-0.25, -0.2) is 0 Å². The molecule has 2 aliphatic rings. The fourth-order valence-electron chi connectivity index (χ4n) is 1.51. The summed E-state index contributed by atoms with van der Waals surface area (Å²) in [5.74, 6) is 3.41. The third-order valence-electron chi connectivity index (χ3n) is 2.52. The Hall–Kier alpha value is -0.180. The molecule has 0 N–H and O–H groups in total. The highest BCUT2D eigenvalue weighted by molar-refractivity contribution is 7.99. The molecule has 0 aromatic carbocycles. The molecule has 12 heavy (non-hydrogen) atoms. The monoisotopic (exact) mass is 185 g/mol. The van der Waals surface area contributed by atoms with Crippen LogP contribution < -0.4 is 0 Å². The molecule has 1 aliphatic heterocycles. The van der Waals surface area contributed by atoms with E-state index in [1.54, 1.807) is 0 Å². The van der Waals surface area contributed by atoms with E-state index in [1.165, 1.54) is 12.8 Å². The molecular weight excluding hydrogens is 170 g/mol. The van der Waals surface area contributed by atoms with Crippen molar-refractivity contribution in [1.29, 1.82) is 0 Å². The fraction of sp³-hybridized carbons (Fsp3) is 0.889. The first-order valence-electron chi connectivity index (χ1n) is 4.72. The van der Waals surface area contributed by atoms with Crippen LogP contribution in [0.25, 0.3) is 0 Å². The van der Waals surface area contributed by atoms with Crippen molar-refractivity contribution in [1.82, 2.24) is 4.90 Å². The van der Waals surface area contributed by atoms with E-state index in [2.05, 4.69) is 0 Å². The van der Waals surface area contributed by atoms with Crippen molar-refractivity contribution in [3.05, 3.63) is 0 Å². The van der Waals surface area contributed by atoms with E-state index < -0.39 is 0 Å². The molecule has 1 saturated heterocycles. The SMILES string of the molecule is O=C(CC1CC1)N1CCSCC1. The van der Waals surface area contributed by atoms with Crippen LogP contribution in [-0.4, -0.2) is 35.4 Å². The molecule has 0 spiro atoms. The summed E-state index contributed by atoms with van der Waals surface area (Å²) in [5.41, 5.74) is 0. The van der Waals surface area contributed by atoms with Crippen molar-refractivity contribution in [3.8, 4) is 0 Å². The number of nitrogens with zero attached hydrogens (tertiary/aromatic N) is 1. The number of hydrogen-bond donors (Lipinski definition) is 0. The van der Waals surface area contributed by atoms with Crippen molar-refractivity contribution in [2.45, 2.75) is 19.3 Å². The number of rotatable bonds is 2. The summed E-state index contributed by atoms with van der Waals surface area (Å²) in [4.78, 5) is 13.6. The zero-order valence-corrected chi connectivity index (χ0v) is 8.11. The molecule has 3 heteroatoms. The van der Waals surface area contributed by atoms with E-state index >= 15 is 0 Å². The van der Waals surface area contributed by atoms with Gasteiger partial charge in [0.2, 0.25) is 5.91 Å². The van der Waals surface area contributed by atoms with Crippen molar-refractivity contribution >= 4 is 17.7 Å². The highest BCUT2D eigenvalue weighted by Gasteiger charge is 2.27. The lowest BCUT2D eigenvalue weighted by molar-refractivity contribution is -0.131. The topological polar surface area (TPSA) is 20.3 Å². The third-order valence-corrected chi connectivity index (χ3v) is 3.47. The molecule has 0 aromatic heterocycles. The second kappa shape index (κ2) is 3.69. The Morgan fingerprint density at radius 1 is 1.33 bits per heavy atom. The van der Waals surface area contributed by atoms with E-state index in [4.69, 9.17) is 0 Å². The van der Waals surface area contributed by atoms with Crippen LogP contribution >= 0.6 is 11.8 Å². The molecule has 1 saturated carbocycles. The molecule has 68 valence electrons. The van der Waals surface area contributed by atoms with Gasteiger partial charge in [0, 0.05) is 31.0 Å². The molecule has 0 atom stereocenters. The van der Waals surface area contributed by atoms with Gasteiger partial charge in [0.25, 0.3) is 0 Å². The Labute approximate surface area is 77.7 Å². The summed E-state index contributed by atoms with van der Waals surface area (Å²) < 4.78 is 0. The standard InChI is InChI=1S/C9H15NOS/c11-9(7-8-1-2-8)10-3-5-12-6-4-10/h8H,1-7H2. The molecule has 0 bridgehead atoms. The zero-order chi connectivity index (χ0) is 8.39. The average molecular weight is 185 g/mol. The number of thioether (sulfide) groups is 1. The first-order chi connectivity index (χ1) is 5.86. The summed E-state index contributed by atoms with van der Waals surface area (Å²) in [7, 11) is 0. The quantitative estimate of drug-likeness (QED) is 0.647. The van der Waals surface area contributed by atoms with Gasteiger partial charge in [-0.15, -0.1) is 0 Å². The van der Waals surface area contributed by atoms with Gasteiger partial charge in [0.05, 0.1) is 0 Å². The van der Waals surface area contributed by atoms with Gasteiger partial charge >= 0.3 is 0 Å². The lowest BCUT2D eigenvalue weighted by atomic mass is 10.2. The second-order valence-corrected chi connectivity index (χ2v) is 4.87. The number of carbonyl (C=O) groups is 1. The minimum atomic E-state index is 0.401. The van der Waals surface area contributed by atoms with E-state index in [9.17, 15) is 4.79 Å². The highest BCUT2D eigenvalue weighted by Crippen LogP contribution is 2.33. The smallest absolute Gasteiger partial charge is 0.222 e. The van der Waals surface area contributed by atoms with Gasteiger partial charge in [-0.2, -0.15) is 11.8 Å². The van der Waals surface area contributed by atoms with Gasteiger partial charge < -0.3 is 4.90 Å². The number of amides is 1. The molecule has 1 heterocycles. The molecule has 0 unspecified atom stereocenters. The lowest BCUT2D eigenvalue weighted by Gasteiger charge is -2.26. The minimum absolute atomic E-state index is 0.401. The van der Waals surface area contributed by atoms with Crippen molar-refractivity contribution in [2.24, 2.45) is 5.92 Å². The van der Waals surface area contributed by atoms with Crippen molar-refractivity contribution in [3.63, 3.8) is 0 Å². The summed E-state index contributed by atoms with van der Waals surface area (Å²) in [6.45, 7) is 1.96. The van der Waals surface area contributed by atoms with Gasteiger partial charge in [-0.1, -0.05) is 0 Å². The van der Waals surface area contributed by atoms with Crippen molar-refractivity contribution in [2.75, 3.05) is 24.6 Å². The Morgan fingerprint density at radius 2 is 2.00 bits per heavy atom. The molecule has 2 rings (SSSR count). The van der Waals surface area contributed by atoms with Gasteiger partial charge in [-0.05, 0) is 18.8 Å². The first kappa shape index (κ1) is 8.42. The number of hydrogen-bond acceptors (Lipinski definition) is 2.